The molecule has 0 aliphatic heterocycles. The maximum absolute atomic E-state index is 11.1. The average molecular weight is 239 g/mol. The quantitative estimate of drug-likeness (QED) is 0.505. The second kappa shape index (κ2) is 8.80. The zero-order chi connectivity index (χ0) is 11.7. The van der Waals surface area contributed by atoms with Crippen LogP contribution in [-0.2, 0) is 14.2 Å². The SMILES string of the molecule is CCC(COC(=O)OC(CC)CCl)OC. The van der Waals surface area contributed by atoms with Crippen LogP contribution in [0.5, 0.6) is 0 Å². The van der Waals surface area contributed by atoms with Crippen LogP contribution in [0.15, 0.2) is 0 Å². The summed E-state index contributed by atoms with van der Waals surface area (Å²) in [6.07, 6.45) is 0.435. The van der Waals surface area contributed by atoms with Gasteiger partial charge in [-0.05, 0) is 12.8 Å². The zero-order valence-corrected chi connectivity index (χ0v) is 10.3. The number of carbonyl (C=O) groups is 1. The molecule has 90 valence electrons. The van der Waals surface area contributed by atoms with Crippen LogP contribution < -0.4 is 0 Å². The number of hydrogen-bond donors (Lipinski definition) is 0. The first-order valence-corrected chi connectivity index (χ1v) is 5.63. The Morgan fingerprint density at radius 2 is 1.87 bits per heavy atom. The Kier molecular flexibility index (Phi) is 8.52. The topological polar surface area (TPSA) is 44.8 Å². The Labute approximate surface area is 95.8 Å². The van der Waals surface area contributed by atoms with Crippen LogP contribution in [0.4, 0.5) is 4.79 Å². The maximum Gasteiger partial charge on any atom is 0.508 e. The summed E-state index contributed by atoms with van der Waals surface area (Å²) in [7, 11) is 1.58. The maximum atomic E-state index is 11.1. The average Bonchev–Trinajstić information content (AvgIpc) is 2.27. The number of ether oxygens (including phenoxy) is 3. The van der Waals surface area contributed by atoms with E-state index < -0.39 is 6.16 Å². The van der Waals surface area contributed by atoms with Crippen molar-refractivity contribution in [3.8, 4) is 0 Å². The molecule has 15 heavy (non-hydrogen) atoms. The summed E-state index contributed by atoms with van der Waals surface area (Å²) in [5, 5.41) is 0. The molecule has 2 unspecified atom stereocenters. The number of hydrogen-bond acceptors (Lipinski definition) is 4. The molecule has 2 atom stereocenters. The van der Waals surface area contributed by atoms with Gasteiger partial charge in [0.2, 0.25) is 0 Å². The number of rotatable bonds is 7. The van der Waals surface area contributed by atoms with Crippen LogP contribution in [0.3, 0.4) is 0 Å². The van der Waals surface area contributed by atoms with Crippen molar-refractivity contribution >= 4 is 17.8 Å². The van der Waals surface area contributed by atoms with Gasteiger partial charge in [-0.1, -0.05) is 13.8 Å². The minimum atomic E-state index is -0.682. The molecule has 0 aromatic heterocycles. The van der Waals surface area contributed by atoms with Crippen molar-refractivity contribution in [1.29, 1.82) is 0 Å². The van der Waals surface area contributed by atoms with E-state index in [-0.39, 0.29) is 24.7 Å². The smallest absolute Gasteiger partial charge is 0.432 e. The predicted molar refractivity (Wildman–Crippen MR) is 58.3 cm³/mol. The third-order valence-electron chi connectivity index (χ3n) is 2.07. The van der Waals surface area contributed by atoms with Gasteiger partial charge < -0.3 is 14.2 Å². The molecule has 0 radical (unpaired) electrons. The molecule has 0 rings (SSSR count). The lowest BCUT2D eigenvalue weighted by Crippen LogP contribution is -2.24. The highest BCUT2D eigenvalue weighted by Crippen LogP contribution is 2.04. The molecule has 0 aliphatic rings. The molecule has 0 fully saturated rings. The number of halogens is 1. The third-order valence-corrected chi connectivity index (χ3v) is 2.41. The summed E-state index contributed by atoms with van der Waals surface area (Å²) in [6.45, 7) is 4.06. The molecular formula is C10H19ClO4. The van der Waals surface area contributed by atoms with Crippen LogP contribution in [0.2, 0.25) is 0 Å². The molecule has 0 aromatic carbocycles. The molecule has 5 heteroatoms. The van der Waals surface area contributed by atoms with Gasteiger partial charge in [-0.25, -0.2) is 4.79 Å². The van der Waals surface area contributed by atoms with E-state index in [1.165, 1.54) is 0 Å². The fraction of sp³-hybridized carbons (Fsp3) is 0.900. The third kappa shape index (κ3) is 6.57. The Hall–Kier alpha value is -0.480. The predicted octanol–water partition coefficient (Wildman–Crippen LogP) is 2.58. The van der Waals surface area contributed by atoms with Crippen LogP contribution in [0, 0.1) is 0 Å². The lowest BCUT2D eigenvalue weighted by molar-refractivity contribution is -0.0112. The monoisotopic (exact) mass is 238 g/mol. The molecule has 0 spiro atoms. The molecule has 0 aromatic rings. The van der Waals surface area contributed by atoms with Crippen LogP contribution in [0.1, 0.15) is 26.7 Å². The Morgan fingerprint density at radius 3 is 2.27 bits per heavy atom. The minimum Gasteiger partial charge on any atom is -0.432 e. The number of alkyl halides is 1. The van der Waals surface area contributed by atoms with Crippen LogP contribution in [0.25, 0.3) is 0 Å². The Balaban J connectivity index is 3.73. The van der Waals surface area contributed by atoms with E-state index in [1.807, 2.05) is 13.8 Å². The van der Waals surface area contributed by atoms with Gasteiger partial charge in [0.1, 0.15) is 12.7 Å². The van der Waals surface area contributed by atoms with Gasteiger partial charge >= 0.3 is 6.16 Å². The molecule has 0 amide bonds. The van der Waals surface area contributed by atoms with Crippen molar-refractivity contribution < 1.29 is 19.0 Å². The van der Waals surface area contributed by atoms with Gasteiger partial charge in [-0.2, -0.15) is 0 Å². The van der Waals surface area contributed by atoms with Gasteiger partial charge in [-0.15, -0.1) is 11.6 Å². The summed E-state index contributed by atoms with van der Waals surface area (Å²) in [6, 6.07) is 0. The van der Waals surface area contributed by atoms with Gasteiger partial charge in [-0.3, -0.25) is 0 Å². The van der Waals surface area contributed by atoms with E-state index >= 15 is 0 Å². The van der Waals surface area contributed by atoms with E-state index in [4.69, 9.17) is 25.8 Å². The highest BCUT2D eigenvalue weighted by molar-refractivity contribution is 6.18. The first-order chi connectivity index (χ1) is 7.17. The largest absolute Gasteiger partial charge is 0.508 e. The Morgan fingerprint density at radius 1 is 1.27 bits per heavy atom. The second-order valence-electron chi connectivity index (χ2n) is 3.13. The molecule has 4 nitrogen and oxygen atoms in total. The summed E-state index contributed by atoms with van der Waals surface area (Å²) in [4.78, 5) is 11.1. The van der Waals surface area contributed by atoms with E-state index in [0.29, 0.717) is 6.42 Å². The summed E-state index contributed by atoms with van der Waals surface area (Å²) >= 11 is 5.57. The van der Waals surface area contributed by atoms with Crippen molar-refractivity contribution in [2.24, 2.45) is 0 Å². The first kappa shape index (κ1) is 14.5. The zero-order valence-electron chi connectivity index (χ0n) is 9.49. The lowest BCUT2D eigenvalue weighted by atomic mass is 10.3. The number of carbonyl (C=O) groups excluding carboxylic acids is 1. The van der Waals surface area contributed by atoms with Crippen molar-refractivity contribution in [3.63, 3.8) is 0 Å². The fourth-order valence-corrected chi connectivity index (χ4v) is 1.19. The standard InChI is InChI=1S/C10H19ClO4/c1-4-8(6-11)15-10(12)14-7-9(5-2)13-3/h8-9H,4-7H2,1-3H3. The molecule has 0 N–H and O–H groups in total. The Bertz CT molecular complexity index is 167. The van der Waals surface area contributed by atoms with Crippen molar-refractivity contribution in [3.05, 3.63) is 0 Å². The number of methoxy groups -OCH3 is 1. The molecular weight excluding hydrogens is 220 g/mol. The molecule has 0 aliphatic carbocycles. The fourth-order valence-electron chi connectivity index (χ4n) is 0.908. The normalized spacial score (nSPS) is 14.4. The van der Waals surface area contributed by atoms with Crippen molar-refractivity contribution in [2.45, 2.75) is 38.9 Å². The molecule has 0 bridgehead atoms. The van der Waals surface area contributed by atoms with E-state index in [1.54, 1.807) is 7.11 Å². The lowest BCUT2D eigenvalue weighted by Gasteiger charge is -2.15. The molecule has 0 saturated carbocycles. The minimum absolute atomic E-state index is 0.0753. The van der Waals surface area contributed by atoms with E-state index in [2.05, 4.69) is 0 Å². The van der Waals surface area contributed by atoms with Gasteiger partial charge in [0.25, 0.3) is 0 Å². The highest BCUT2D eigenvalue weighted by atomic mass is 35.5. The first-order valence-electron chi connectivity index (χ1n) is 5.10. The van der Waals surface area contributed by atoms with E-state index in [9.17, 15) is 4.79 Å². The van der Waals surface area contributed by atoms with Gasteiger partial charge in [0, 0.05) is 7.11 Å². The molecule has 0 heterocycles. The summed E-state index contributed by atoms with van der Waals surface area (Å²) < 4.78 is 14.9. The van der Waals surface area contributed by atoms with Gasteiger partial charge in [0.05, 0.1) is 12.0 Å². The van der Waals surface area contributed by atoms with Crippen LogP contribution >= 0.6 is 11.6 Å². The highest BCUT2D eigenvalue weighted by Gasteiger charge is 2.14. The van der Waals surface area contributed by atoms with Crippen molar-refractivity contribution in [1.82, 2.24) is 0 Å². The van der Waals surface area contributed by atoms with Crippen LogP contribution in [-0.4, -0.2) is 38.0 Å². The van der Waals surface area contributed by atoms with Gasteiger partial charge in [0.15, 0.2) is 0 Å². The second-order valence-corrected chi connectivity index (χ2v) is 3.44. The summed E-state index contributed by atoms with van der Waals surface area (Å²) in [5.74, 6) is 0.285. The molecule has 0 saturated heterocycles. The van der Waals surface area contributed by atoms with Crippen molar-refractivity contribution in [2.75, 3.05) is 19.6 Å². The van der Waals surface area contributed by atoms with E-state index in [0.717, 1.165) is 6.42 Å². The summed E-state index contributed by atoms with van der Waals surface area (Å²) in [5.41, 5.74) is 0.